The Hall–Kier alpha value is -0.570. The van der Waals surface area contributed by atoms with Gasteiger partial charge >= 0.3 is 5.97 Å². The molecule has 0 aromatic carbocycles. The van der Waals surface area contributed by atoms with Gasteiger partial charge in [-0.05, 0) is 33.6 Å². The molecule has 1 unspecified atom stereocenters. The zero-order valence-corrected chi connectivity index (χ0v) is 10.6. The van der Waals surface area contributed by atoms with Crippen LogP contribution < -0.4 is 0 Å². The Kier molecular flexibility index (Phi) is 6.57. The summed E-state index contributed by atoms with van der Waals surface area (Å²) >= 11 is 0. The molecule has 0 aliphatic carbocycles. The molecule has 0 aromatic heterocycles. The SMILES string of the molecule is CCCC(OC(C)(C)CC)C(=O)OCC. The van der Waals surface area contributed by atoms with Gasteiger partial charge in [-0.2, -0.15) is 0 Å². The Bertz CT molecular complexity index is 187. The normalized spacial score (nSPS) is 13.7. The van der Waals surface area contributed by atoms with Crippen molar-refractivity contribution in [1.82, 2.24) is 0 Å². The van der Waals surface area contributed by atoms with Crippen molar-refractivity contribution in [1.29, 1.82) is 0 Å². The van der Waals surface area contributed by atoms with Crippen LogP contribution in [0.5, 0.6) is 0 Å². The van der Waals surface area contributed by atoms with Gasteiger partial charge in [0.2, 0.25) is 0 Å². The lowest BCUT2D eigenvalue weighted by atomic mass is 10.1. The van der Waals surface area contributed by atoms with E-state index in [9.17, 15) is 4.79 Å². The predicted molar refractivity (Wildman–Crippen MR) is 60.8 cm³/mol. The Morgan fingerprint density at radius 1 is 1.27 bits per heavy atom. The third kappa shape index (κ3) is 5.78. The van der Waals surface area contributed by atoms with E-state index in [0.717, 1.165) is 19.3 Å². The van der Waals surface area contributed by atoms with Crippen LogP contribution in [-0.4, -0.2) is 24.3 Å². The number of rotatable bonds is 7. The molecule has 0 aliphatic heterocycles. The van der Waals surface area contributed by atoms with Crippen LogP contribution in [0.1, 0.15) is 53.9 Å². The molecule has 0 saturated carbocycles. The molecule has 0 bridgehead atoms. The lowest BCUT2D eigenvalue weighted by molar-refractivity contribution is -0.168. The third-order valence-electron chi connectivity index (χ3n) is 2.41. The number of esters is 1. The fraction of sp³-hybridized carbons (Fsp3) is 0.917. The molecule has 0 spiro atoms. The fourth-order valence-corrected chi connectivity index (χ4v) is 1.19. The fourth-order valence-electron chi connectivity index (χ4n) is 1.19. The van der Waals surface area contributed by atoms with Gasteiger partial charge < -0.3 is 9.47 Å². The molecule has 0 saturated heterocycles. The first-order valence-corrected chi connectivity index (χ1v) is 5.81. The van der Waals surface area contributed by atoms with Crippen LogP contribution in [0.2, 0.25) is 0 Å². The van der Waals surface area contributed by atoms with E-state index in [4.69, 9.17) is 9.47 Å². The molecule has 15 heavy (non-hydrogen) atoms. The first kappa shape index (κ1) is 14.4. The number of carbonyl (C=O) groups excluding carboxylic acids is 1. The number of carbonyl (C=O) groups is 1. The van der Waals surface area contributed by atoms with Gasteiger partial charge in [0.05, 0.1) is 12.2 Å². The van der Waals surface area contributed by atoms with Gasteiger partial charge in [0, 0.05) is 0 Å². The Morgan fingerprint density at radius 2 is 1.87 bits per heavy atom. The van der Waals surface area contributed by atoms with Crippen molar-refractivity contribution in [2.24, 2.45) is 0 Å². The second-order valence-electron chi connectivity index (χ2n) is 4.26. The van der Waals surface area contributed by atoms with Crippen molar-refractivity contribution in [2.75, 3.05) is 6.61 Å². The van der Waals surface area contributed by atoms with E-state index < -0.39 is 6.10 Å². The van der Waals surface area contributed by atoms with Crippen LogP contribution in [0, 0.1) is 0 Å². The van der Waals surface area contributed by atoms with Gasteiger partial charge in [0.25, 0.3) is 0 Å². The maximum Gasteiger partial charge on any atom is 0.335 e. The summed E-state index contributed by atoms with van der Waals surface area (Å²) in [6.07, 6.45) is 2.11. The summed E-state index contributed by atoms with van der Waals surface area (Å²) in [6.45, 7) is 10.3. The maximum atomic E-state index is 11.6. The van der Waals surface area contributed by atoms with E-state index in [0.29, 0.717) is 6.61 Å². The molecule has 0 rings (SSSR count). The smallest absolute Gasteiger partial charge is 0.335 e. The lowest BCUT2D eigenvalue weighted by Crippen LogP contribution is -2.36. The minimum atomic E-state index is -0.412. The number of hydrogen-bond acceptors (Lipinski definition) is 3. The third-order valence-corrected chi connectivity index (χ3v) is 2.41. The average molecular weight is 216 g/mol. The minimum absolute atomic E-state index is 0.235. The van der Waals surface area contributed by atoms with Crippen molar-refractivity contribution >= 4 is 5.97 Å². The van der Waals surface area contributed by atoms with Crippen molar-refractivity contribution in [3.63, 3.8) is 0 Å². The predicted octanol–water partition coefficient (Wildman–Crippen LogP) is 2.92. The summed E-state index contributed by atoms with van der Waals surface area (Å²) in [5, 5.41) is 0. The highest BCUT2D eigenvalue weighted by Gasteiger charge is 2.27. The molecule has 0 heterocycles. The molecule has 1 atom stereocenters. The summed E-state index contributed by atoms with van der Waals surface area (Å²) in [4.78, 5) is 11.6. The van der Waals surface area contributed by atoms with Crippen LogP contribution in [0.4, 0.5) is 0 Å². The highest BCUT2D eigenvalue weighted by molar-refractivity contribution is 5.74. The topological polar surface area (TPSA) is 35.5 Å². The second-order valence-corrected chi connectivity index (χ2v) is 4.26. The number of ether oxygens (including phenoxy) is 2. The molecule has 3 nitrogen and oxygen atoms in total. The summed E-state index contributed by atoms with van der Waals surface area (Å²) in [7, 11) is 0. The average Bonchev–Trinajstić information content (AvgIpc) is 2.17. The lowest BCUT2D eigenvalue weighted by Gasteiger charge is -2.28. The molecule has 0 fully saturated rings. The second kappa shape index (κ2) is 6.83. The van der Waals surface area contributed by atoms with Crippen LogP contribution in [-0.2, 0) is 14.3 Å². The summed E-state index contributed by atoms with van der Waals surface area (Å²) in [5.41, 5.74) is -0.257. The number of hydrogen-bond donors (Lipinski definition) is 0. The van der Waals surface area contributed by atoms with Gasteiger partial charge in [-0.25, -0.2) is 4.79 Å². The highest BCUT2D eigenvalue weighted by Crippen LogP contribution is 2.19. The van der Waals surface area contributed by atoms with Crippen LogP contribution in [0.25, 0.3) is 0 Å². The van der Waals surface area contributed by atoms with Gasteiger partial charge in [-0.1, -0.05) is 20.3 Å². The quantitative estimate of drug-likeness (QED) is 0.614. The van der Waals surface area contributed by atoms with Gasteiger partial charge in [0.1, 0.15) is 0 Å². The molecular formula is C12H24O3. The monoisotopic (exact) mass is 216 g/mol. The molecule has 0 N–H and O–H groups in total. The Morgan fingerprint density at radius 3 is 2.27 bits per heavy atom. The van der Waals surface area contributed by atoms with Gasteiger partial charge in [0.15, 0.2) is 6.10 Å². The van der Waals surface area contributed by atoms with Crippen molar-refractivity contribution in [3.05, 3.63) is 0 Å². The largest absolute Gasteiger partial charge is 0.464 e. The summed E-state index contributed by atoms with van der Waals surface area (Å²) in [6, 6.07) is 0. The van der Waals surface area contributed by atoms with E-state index in [2.05, 4.69) is 0 Å². The molecule has 0 amide bonds. The van der Waals surface area contributed by atoms with Crippen molar-refractivity contribution in [3.8, 4) is 0 Å². The van der Waals surface area contributed by atoms with E-state index in [1.165, 1.54) is 0 Å². The standard InChI is InChI=1S/C12H24O3/c1-6-9-10(11(13)14-8-3)15-12(4,5)7-2/h10H,6-9H2,1-5H3. The highest BCUT2D eigenvalue weighted by atomic mass is 16.6. The minimum Gasteiger partial charge on any atom is -0.464 e. The van der Waals surface area contributed by atoms with Crippen LogP contribution >= 0.6 is 0 Å². The molecule has 3 heteroatoms. The van der Waals surface area contributed by atoms with Gasteiger partial charge in [-0.3, -0.25) is 0 Å². The zero-order chi connectivity index (χ0) is 11.9. The van der Waals surface area contributed by atoms with E-state index in [1.54, 1.807) is 0 Å². The van der Waals surface area contributed by atoms with Crippen molar-refractivity contribution in [2.45, 2.75) is 65.6 Å². The van der Waals surface area contributed by atoms with E-state index >= 15 is 0 Å². The van der Waals surface area contributed by atoms with Crippen molar-refractivity contribution < 1.29 is 14.3 Å². The first-order chi connectivity index (χ1) is 6.96. The van der Waals surface area contributed by atoms with Gasteiger partial charge in [-0.15, -0.1) is 0 Å². The van der Waals surface area contributed by atoms with E-state index in [-0.39, 0.29) is 11.6 Å². The first-order valence-electron chi connectivity index (χ1n) is 5.81. The van der Waals surface area contributed by atoms with Crippen LogP contribution in [0.3, 0.4) is 0 Å². The molecular weight excluding hydrogens is 192 g/mol. The molecule has 90 valence electrons. The van der Waals surface area contributed by atoms with Crippen LogP contribution in [0.15, 0.2) is 0 Å². The molecule has 0 aliphatic rings. The molecule has 0 aromatic rings. The Labute approximate surface area is 93.1 Å². The van der Waals surface area contributed by atoms with E-state index in [1.807, 2.05) is 34.6 Å². The maximum absolute atomic E-state index is 11.6. The Balaban J connectivity index is 4.32. The summed E-state index contributed by atoms with van der Waals surface area (Å²) < 4.78 is 10.8. The zero-order valence-electron chi connectivity index (χ0n) is 10.6. The summed E-state index contributed by atoms with van der Waals surface area (Å²) in [5.74, 6) is -0.235. The molecule has 0 radical (unpaired) electrons.